The van der Waals surface area contributed by atoms with Gasteiger partial charge in [0, 0.05) is 6.20 Å². The Kier molecular flexibility index (Phi) is 2.48. The number of nitrogens with zero attached hydrogens (tertiary/aromatic N) is 2. The number of H-pyrrole nitrogens is 1. The first kappa shape index (κ1) is 9.47. The molecule has 5 nitrogen and oxygen atoms in total. The van der Waals surface area contributed by atoms with Crippen molar-refractivity contribution in [1.29, 1.82) is 0 Å². The van der Waals surface area contributed by atoms with Crippen molar-refractivity contribution >= 4 is 18.3 Å². The second-order valence-corrected chi connectivity index (χ2v) is 2.35. The van der Waals surface area contributed by atoms with Crippen LogP contribution < -0.4 is 5.73 Å². The molecule has 68 valence electrons. The molecule has 0 spiro atoms. The van der Waals surface area contributed by atoms with Crippen LogP contribution in [0.1, 0.15) is 10.4 Å². The van der Waals surface area contributed by atoms with Crippen LogP contribution >= 0.6 is 12.4 Å². The number of carbonyl (C=O) groups is 1. The Bertz CT molecular complexity index is 399. The molecule has 1 amide bonds. The van der Waals surface area contributed by atoms with Crippen molar-refractivity contribution in [3.05, 3.63) is 24.3 Å². The molecule has 0 atom stereocenters. The van der Waals surface area contributed by atoms with Crippen LogP contribution in [0.5, 0.6) is 0 Å². The average molecular weight is 199 g/mol. The second-order valence-electron chi connectivity index (χ2n) is 2.35. The van der Waals surface area contributed by atoms with Crippen LogP contribution in [0, 0.1) is 0 Å². The van der Waals surface area contributed by atoms with Gasteiger partial charge in [-0.25, -0.2) is 4.98 Å². The lowest BCUT2D eigenvalue weighted by molar-refractivity contribution is 0.100. The summed E-state index contributed by atoms with van der Waals surface area (Å²) in [6, 6.07) is 0. The molecule has 3 N–H and O–H groups in total. The maximum absolute atomic E-state index is 10.8. The number of aromatic nitrogens is 3. The number of carbonyl (C=O) groups excluding carboxylic acids is 1. The third-order valence-corrected chi connectivity index (χ3v) is 1.60. The lowest BCUT2D eigenvalue weighted by Gasteiger charge is -1.96. The molecule has 0 radical (unpaired) electrons. The van der Waals surface area contributed by atoms with E-state index in [4.69, 9.17) is 5.73 Å². The highest BCUT2D eigenvalue weighted by Gasteiger charge is 2.14. The number of hydrogen-bond donors (Lipinski definition) is 2. The summed E-state index contributed by atoms with van der Waals surface area (Å²) in [5.41, 5.74) is 6.78. The van der Waals surface area contributed by atoms with Crippen molar-refractivity contribution in [2.75, 3.05) is 0 Å². The van der Waals surface area contributed by atoms with Gasteiger partial charge in [0.1, 0.15) is 5.69 Å². The molecule has 0 aliphatic carbocycles. The van der Waals surface area contributed by atoms with Gasteiger partial charge in [-0.3, -0.25) is 9.78 Å². The SMILES string of the molecule is Cl.NC(=O)c1cnc2cnc[nH]c1-2. The number of hydrogen-bond acceptors (Lipinski definition) is 3. The van der Waals surface area contributed by atoms with E-state index in [1.165, 1.54) is 12.5 Å². The lowest BCUT2D eigenvalue weighted by Crippen LogP contribution is -2.11. The quantitative estimate of drug-likeness (QED) is 0.697. The highest BCUT2D eigenvalue weighted by atomic mass is 35.5. The smallest absolute Gasteiger partial charge is 0.252 e. The number of aromatic amines is 1. The molecule has 2 heterocycles. The van der Waals surface area contributed by atoms with Gasteiger partial charge in [-0.2, -0.15) is 0 Å². The molecule has 0 aromatic carbocycles. The molecular weight excluding hydrogens is 192 g/mol. The minimum absolute atomic E-state index is 0. The third kappa shape index (κ3) is 1.46. The van der Waals surface area contributed by atoms with Gasteiger partial charge in [0.15, 0.2) is 0 Å². The molecule has 2 aliphatic heterocycles. The van der Waals surface area contributed by atoms with Crippen LogP contribution in [0.2, 0.25) is 0 Å². The van der Waals surface area contributed by atoms with Crippen molar-refractivity contribution in [2.45, 2.75) is 0 Å². The molecule has 13 heavy (non-hydrogen) atoms. The first-order valence-corrected chi connectivity index (χ1v) is 3.36. The summed E-state index contributed by atoms with van der Waals surface area (Å²) in [7, 11) is 0. The summed E-state index contributed by atoms with van der Waals surface area (Å²) in [5, 5.41) is 0. The van der Waals surface area contributed by atoms with Gasteiger partial charge in [-0.15, -0.1) is 12.4 Å². The average Bonchev–Trinajstić information content (AvgIpc) is 2.47. The highest BCUT2D eigenvalue weighted by molar-refractivity contribution is 5.98. The van der Waals surface area contributed by atoms with Crippen LogP contribution in [0.15, 0.2) is 18.7 Å². The molecule has 0 saturated heterocycles. The normalized spacial score (nSPS) is 9.54. The number of nitrogens with one attached hydrogen (secondary N) is 1. The van der Waals surface area contributed by atoms with Crippen molar-refractivity contribution in [1.82, 2.24) is 15.0 Å². The molecule has 0 aromatic heterocycles. The van der Waals surface area contributed by atoms with E-state index in [0.717, 1.165) is 0 Å². The van der Waals surface area contributed by atoms with E-state index >= 15 is 0 Å². The summed E-state index contributed by atoms with van der Waals surface area (Å²) in [5.74, 6) is -0.486. The molecule has 0 unspecified atom stereocenters. The van der Waals surface area contributed by atoms with Crippen LogP contribution in [0.3, 0.4) is 0 Å². The standard InChI is InChI=1S/C7H6N4O.ClH/c8-7(12)4-1-10-5-2-9-3-11-6(4)5;/h1-3H,(H2,8,12)(H,9,11);1H. The van der Waals surface area contributed by atoms with Gasteiger partial charge in [-0.05, 0) is 0 Å². The molecule has 0 bridgehead atoms. The maximum Gasteiger partial charge on any atom is 0.252 e. The Morgan fingerprint density at radius 2 is 2.23 bits per heavy atom. The Labute approximate surface area is 80.1 Å². The largest absolute Gasteiger partial charge is 0.365 e. The number of fused-ring (bicyclic) bond motifs is 1. The van der Waals surface area contributed by atoms with Crippen molar-refractivity contribution < 1.29 is 4.79 Å². The van der Waals surface area contributed by atoms with Crippen LogP contribution in [0.4, 0.5) is 0 Å². The Morgan fingerprint density at radius 1 is 1.46 bits per heavy atom. The van der Waals surface area contributed by atoms with Gasteiger partial charge in [0.25, 0.3) is 5.91 Å². The molecule has 2 rings (SSSR count). The first-order valence-electron chi connectivity index (χ1n) is 3.36. The minimum Gasteiger partial charge on any atom is -0.365 e. The number of rotatable bonds is 1. The summed E-state index contributed by atoms with van der Waals surface area (Å²) in [6.07, 6.45) is 4.49. The fourth-order valence-electron chi connectivity index (χ4n) is 1.05. The fourth-order valence-corrected chi connectivity index (χ4v) is 1.05. The number of primary amides is 1. The van der Waals surface area contributed by atoms with E-state index in [9.17, 15) is 4.79 Å². The van der Waals surface area contributed by atoms with Crippen LogP contribution in [-0.4, -0.2) is 20.9 Å². The van der Waals surface area contributed by atoms with E-state index in [1.807, 2.05) is 0 Å². The summed E-state index contributed by atoms with van der Waals surface area (Å²) >= 11 is 0. The third-order valence-electron chi connectivity index (χ3n) is 1.60. The molecule has 0 fully saturated rings. The highest BCUT2D eigenvalue weighted by Crippen LogP contribution is 2.19. The lowest BCUT2D eigenvalue weighted by atomic mass is 10.2. The van der Waals surface area contributed by atoms with Gasteiger partial charge < -0.3 is 10.7 Å². The van der Waals surface area contributed by atoms with Crippen molar-refractivity contribution in [2.24, 2.45) is 5.73 Å². The van der Waals surface area contributed by atoms with E-state index in [1.54, 1.807) is 6.20 Å². The van der Waals surface area contributed by atoms with Gasteiger partial charge >= 0.3 is 0 Å². The van der Waals surface area contributed by atoms with E-state index in [0.29, 0.717) is 17.0 Å². The molecular formula is C7H7ClN4O. The number of nitrogens with two attached hydrogens (primary N) is 1. The Balaban J connectivity index is 0.000000845. The fraction of sp³-hybridized carbons (Fsp3) is 0. The zero-order valence-corrected chi connectivity index (χ0v) is 7.34. The molecule has 0 saturated carbocycles. The molecule has 6 heteroatoms. The van der Waals surface area contributed by atoms with Crippen LogP contribution in [-0.2, 0) is 0 Å². The van der Waals surface area contributed by atoms with E-state index in [2.05, 4.69) is 15.0 Å². The van der Waals surface area contributed by atoms with Gasteiger partial charge in [0.2, 0.25) is 0 Å². The zero-order chi connectivity index (χ0) is 8.55. The molecule has 2 aliphatic rings. The predicted molar refractivity (Wildman–Crippen MR) is 48.8 cm³/mol. The first-order chi connectivity index (χ1) is 5.79. The summed E-state index contributed by atoms with van der Waals surface area (Å²) < 4.78 is 0. The van der Waals surface area contributed by atoms with E-state index in [-0.39, 0.29) is 12.4 Å². The van der Waals surface area contributed by atoms with Gasteiger partial charge in [-0.1, -0.05) is 0 Å². The Hall–Kier alpha value is -1.62. The Morgan fingerprint density at radius 3 is 2.92 bits per heavy atom. The second kappa shape index (κ2) is 3.40. The topological polar surface area (TPSA) is 84.7 Å². The van der Waals surface area contributed by atoms with Crippen molar-refractivity contribution in [3.63, 3.8) is 0 Å². The summed E-state index contributed by atoms with van der Waals surface area (Å²) in [4.78, 5) is 21.4. The number of halogens is 1. The van der Waals surface area contributed by atoms with Crippen molar-refractivity contribution in [3.8, 4) is 11.4 Å². The zero-order valence-electron chi connectivity index (χ0n) is 6.52. The van der Waals surface area contributed by atoms with E-state index < -0.39 is 5.91 Å². The predicted octanol–water partition coefficient (Wildman–Crippen LogP) is 0.430. The summed E-state index contributed by atoms with van der Waals surface area (Å²) in [6.45, 7) is 0. The minimum atomic E-state index is -0.486. The molecule has 0 aromatic rings. The van der Waals surface area contributed by atoms with Crippen LogP contribution in [0.25, 0.3) is 11.4 Å². The monoisotopic (exact) mass is 198 g/mol. The number of amides is 1. The van der Waals surface area contributed by atoms with Gasteiger partial charge in [0.05, 0.1) is 23.8 Å². The maximum atomic E-state index is 10.8.